The van der Waals surface area contributed by atoms with Gasteiger partial charge in [-0.15, -0.1) is 0 Å². The van der Waals surface area contributed by atoms with E-state index in [9.17, 15) is 14.4 Å². The Kier molecular flexibility index (Phi) is 9.46. The Morgan fingerprint density at radius 3 is 2.12 bits per heavy atom. The molecular weight excluding hydrogens is 424 g/mol. The Morgan fingerprint density at radius 2 is 1.47 bits per heavy atom. The van der Waals surface area contributed by atoms with Gasteiger partial charge in [0.2, 0.25) is 11.8 Å². The number of rotatable bonds is 6. The predicted octanol–water partition coefficient (Wildman–Crippen LogP) is 4.20. The number of hydrogen-bond donors (Lipinski definition) is 4. The van der Waals surface area contributed by atoms with Crippen LogP contribution in [0.5, 0.6) is 0 Å². The number of anilines is 1. The van der Waals surface area contributed by atoms with Crippen LogP contribution in [-0.2, 0) is 9.59 Å². The highest BCUT2D eigenvalue weighted by atomic mass is 32.1. The standard InChI is InChI=1S/C24H34N4O3S/c29-21(16-11-17-7-3-1-4-8-17)26-24(32)28-27-23(31)19-12-14-20(15-13-19)25-22(30)18-9-5-2-6-10-18/h12-15,17-18H,1-11,16H2,(H,25,30)(H,27,31)(H2,26,28,29,32). The van der Waals surface area contributed by atoms with Crippen molar-refractivity contribution in [2.24, 2.45) is 11.8 Å². The van der Waals surface area contributed by atoms with Crippen molar-refractivity contribution in [1.82, 2.24) is 16.2 Å². The van der Waals surface area contributed by atoms with E-state index >= 15 is 0 Å². The zero-order valence-corrected chi connectivity index (χ0v) is 19.4. The number of hydrogen-bond acceptors (Lipinski definition) is 4. The molecule has 32 heavy (non-hydrogen) atoms. The van der Waals surface area contributed by atoms with E-state index in [-0.39, 0.29) is 28.8 Å². The Labute approximate surface area is 195 Å². The molecule has 1 aromatic carbocycles. The molecule has 1 aromatic rings. The lowest BCUT2D eigenvalue weighted by atomic mass is 9.86. The van der Waals surface area contributed by atoms with Crippen molar-refractivity contribution in [2.75, 3.05) is 5.32 Å². The fraction of sp³-hybridized carbons (Fsp3) is 0.583. The van der Waals surface area contributed by atoms with Gasteiger partial charge in [-0.1, -0.05) is 51.4 Å². The van der Waals surface area contributed by atoms with Crippen LogP contribution in [0.1, 0.15) is 87.4 Å². The molecule has 0 unspecified atom stereocenters. The van der Waals surface area contributed by atoms with Gasteiger partial charge in [0, 0.05) is 23.6 Å². The maximum atomic E-state index is 12.3. The summed E-state index contributed by atoms with van der Waals surface area (Å²) in [5.74, 6) is 0.239. The minimum atomic E-state index is -0.381. The van der Waals surface area contributed by atoms with Gasteiger partial charge in [0.1, 0.15) is 0 Å². The lowest BCUT2D eigenvalue weighted by molar-refractivity contribution is -0.121. The molecule has 2 aliphatic carbocycles. The van der Waals surface area contributed by atoms with Crippen LogP contribution >= 0.6 is 12.2 Å². The summed E-state index contributed by atoms with van der Waals surface area (Å²) >= 11 is 5.09. The molecule has 0 atom stereocenters. The first-order valence-electron chi connectivity index (χ1n) is 11.8. The van der Waals surface area contributed by atoms with Crippen LogP contribution in [-0.4, -0.2) is 22.8 Å². The lowest BCUT2D eigenvalue weighted by Gasteiger charge is -2.21. The van der Waals surface area contributed by atoms with E-state index < -0.39 is 0 Å². The SMILES string of the molecule is O=C(CCC1CCCCC1)NC(=S)NNC(=O)c1ccc(NC(=O)C2CCCCC2)cc1. The number of benzene rings is 1. The molecule has 2 aliphatic rings. The molecule has 3 rings (SSSR count). The van der Waals surface area contributed by atoms with Crippen molar-refractivity contribution < 1.29 is 14.4 Å². The normalized spacial score (nSPS) is 17.2. The van der Waals surface area contributed by atoms with Crippen molar-refractivity contribution in [2.45, 2.75) is 77.0 Å². The van der Waals surface area contributed by atoms with Crippen molar-refractivity contribution in [3.05, 3.63) is 29.8 Å². The van der Waals surface area contributed by atoms with E-state index in [0.29, 0.717) is 23.6 Å². The smallest absolute Gasteiger partial charge is 0.269 e. The van der Waals surface area contributed by atoms with Gasteiger partial charge in [0.05, 0.1) is 0 Å². The number of nitrogens with one attached hydrogen (secondary N) is 4. The quantitative estimate of drug-likeness (QED) is 0.378. The van der Waals surface area contributed by atoms with Crippen LogP contribution in [0, 0.1) is 11.8 Å². The molecule has 0 aliphatic heterocycles. The zero-order chi connectivity index (χ0) is 22.8. The highest BCUT2D eigenvalue weighted by Gasteiger charge is 2.21. The second-order valence-electron chi connectivity index (χ2n) is 8.90. The van der Waals surface area contributed by atoms with E-state index in [1.807, 2.05) is 0 Å². The van der Waals surface area contributed by atoms with Crippen LogP contribution < -0.4 is 21.5 Å². The lowest BCUT2D eigenvalue weighted by Crippen LogP contribution is -2.48. The van der Waals surface area contributed by atoms with Crippen molar-refractivity contribution in [3.8, 4) is 0 Å². The Bertz CT molecular complexity index is 800. The second kappa shape index (κ2) is 12.5. The van der Waals surface area contributed by atoms with Gasteiger partial charge in [-0.3, -0.25) is 25.2 Å². The average molecular weight is 459 g/mol. The molecule has 2 fully saturated rings. The predicted molar refractivity (Wildman–Crippen MR) is 129 cm³/mol. The third kappa shape index (κ3) is 7.89. The minimum absolute atomic E-state index is 0.0492. The molecule has 3 amide bonds. The van der Waals surface area contributed by atoms with Crippen LogP contribution in [0.25, 0.3) is 0 Å². The van der Waals surface area contributed by atoms with Crippen molar-refractivity contribution in [1.29, 1.82) is 0 Å². The molecule has 2 saturated carbocycles. The van der Waals surface area contributed by atoms with Gasteiger partial charge in [-0.25, -0.2) is 0 Å². The van der Waals surface area contributed by atoms with E-state index in [4.69, 9.17) is 12.2 Å². The van der Waals surface area contributed by atoms with Crippen molar-refractivity contribution in [3.63, 3.8) is 0 Å². The minimum Gasteiger partial charge on any atom is -0.326 e. The Morgan fingerprint density at radius 1 is 0.844 bits per heavy atom. The summed E-state index contributed by atoms with van der Waals surface area (Å²) in [5.41, 5.74) is 6.15. The largest absolute Gasteiger partial charge is 0.326 e. The third-order valence-electron chi connectivity index (χ3n) is 6.44. The van der Waals surface area contributed by atoms with E-state index in [0.717, 1.165) is 32.1 Å². The summed E-state index contributed by atoms with van der Waals surface area (Å²) in [6, 6.07) is 6.70. The van der Waals surface area contributed by atoms with E-state index in [1.165, 1.54) is 38.5 Å². The molecule has 0 aromatic heterocycles. The zero-order valence-electron chi connectivity index (χ0n) is 18.6. The second-order valence-corrected chi connectivity index (χ2v) is 9.31. The number of thiocarbonyl (C=S) groups is 1. The molecule has 4 N–H and O–H groups in total. The summed E-state index contributed by atoms with van der Waals surface area (Å²) in [6.07, 6.45) is 12.8. The van der Waals surface area contributed by atoms with Gasteiger partial charge in [0.15, 0.2) is 5.11 Å². The molecular formula is C24H34N4O3S. The Balaban J connectivity index is 1.36. The maximum absolute atomic E-state index is 12.3. The molecule has 0 radical (unpaired) electrons. The van der Waals surface area contributed by atoms with Gasteiger partial charge in [-0.2, -0.15) is 0 Å². The van der Waals surface area contributed by atoms with Crippen molar-refractivity contribution >= 4 is 40.7 Å². The molecule has 0 heterocycles. The summed E-state index contributed by atoms with van der Waals surface area (Å²) in [5, 5.41) is 5.61. The van der Waals surface area contributed by atoms with Crippen LogP contribution in [0.2, 0.25) is 0 Å². The molecule has 7 nitrogen and oxygen atoms in total. The summed E-state index contributed by atoms with van der Waals surface area (Å²) in [6.45, 7) is 0. The average Bonchev–Trinajstić information content (AvgIpc) is 2.83. The Hall–Kier alpha value is -2.48. The van der Waals surface area contributed by atoms with Crippen LogP contribution in [0.4, 0.5) is 5.69 Å². The first kappa shape index (κ1) is 24.2. The molecule has 0 bridgehead atoms. The fourth-order valence-corrected chi connectivity index (χ4v) is 4.70. The monoisotopic (exact) mass is 458 g/mol. The van der Waals surface area contributed by atoms with Gasteiger partial charge in [0.25, 0.3) is 5.91 Å². The first-order valence-corrected chi connectivity index (χ1v) is 12.2. The fourth-order valence-electron chi connectivity index (χ4n) is 4.53. The summed E-state index contributed by atoms with van der Waals surface area (Å²) in [4.78, 5) is 36.7. The first-order chi connectivity index (χ1) is 15.5. The molecule has 0 saturated heterocycles. The van der Waals surface area contributed by atoms with Crippen LogP contribution in [0.15, 0.2) is 24.3 Å². The molecule has 0 spiro atoms. The van der Waals surface area contributed by atoms with Gasteiger partial charge in [-0.05, 0) is 61.7 Å². The number of carbonyl (C=O) groups excluding carboxylic acids is 3. The van der Waals surface area contributed by atoms with Crippen LogP contribution in [0.3, 0.4) is 0 Å². The highest BCUT2D eigenvalue weighted by Crippen LogP contribution is 2.27. The summed E-state index contributed by atoms with van der Waals surface area (Å²) in [7, 11) is 0. The third-order valence-corrected chi connectivity index (χ3v) is 6.64. The highest BCUT2D eigenvalue weighted by molar-refractivity contribution is 7.80. The summed E-state index contributed by atoms with van der Waals surface area (Å²) < 4.78 is 0. The molecule has 8 heteroatoms. The molecule has 174 valence electrons. The van der Waals surface area contributed by atoms with E-state index in [2.05, 4.69) is 21.5 Å². The van der Waals surface area contributed by atoms with Gasteiger partial charge >= 0.3 is 0 Å². The number of carbonyl (C=O) groups is 3. The number of hydrazine groups is 1. The topological polar surface area (TPSA) is 99.3 Å². The number of amides is 3. The van der Waals surface area contributed by atoms with Gasteiger partial charge < -0.3 is 10.6 Å². The maximum Gasteiger partial charge on any atom is 0.269 e. The van der Waals surface area contributed by atoms with E-state index in [1.54, 1.807) is 24.3 Å².